The molecular weight excluding hydrogens is 220 g/mol. The Morgan fingerprint density at radius 3 is 2.65 bits per heavy atom. The summed E-state index contributed by atoms with van der Waals surface area (Å²) in [5, 5.41) is 11.7. The summed E-state index contributed by atoms with van der Waals surface area (Å²) in [5.41, 5.74) is 0.447. The molecule has 0 radical (unpaired) electrons. The fraction of sp³-hybridized carbons (Fsp3) is 0.500. The molecule has 0 aromatic carbocycles. The molecule has 1 atom stereocenters. The van der Waals surface area contributed by atoms with Crippen molar-refractivity contribution in [3.05, 3.63) is 33.7 Å². The third-order valence-corrected chi connectivity index (χ3v) is 2.62. The van der Waals surface area contributed by atoms with Gasteiger partial charge in [0.15, 0.2) is 5.43 Å². The van der Waals surface area contributed by atoms with Crippen LogP contribution in [-0.4, -0.2) is 28.6 Å². The number of carbonyl (C=O) groups is 1. The van der Waals surface area contributed by atoms with Crippen molar-refractivity contribution in [2.24, 2.45) is 5.92 Å². The number of aliphatic hydroxyl groups is 1. The molecule has 0 aliphatic carbocycles. The van der Waals surface area contributed by atoms with Gasteiger partial charge in [-0.25, -0.2) is 0 Å². The zero-order valence-electron chi connectivity index (χ0n) is 10.3. The van der Waals surface area contributed by atoms with Crippen LogP contribution in [0, 0.1) is 12.8 Å². The highest BCUT2D eigenvalue weighted by Crippen LogP contribution is 2.02. The normalized spacial score (nSPS) is 12.5. The number of aliphatic hydroxyl groups excluding tert-OH is 1. The topological polar surface area (TPSA) is 82.2 Å². The fourth-order valence-electron chi connectivity index (χ4n) is 1.42. The van der Waals surface area contributed by atoms with Crippen molar-refractivity contribution in [3.8, 4) is 0 Å². The number of pyridine rings is 1. The second-order valence-electron chi connectivity index (χ2n) is 4.40. The van der Waals surface area contributed by atoms with Gasteiger partial charge in [-0.3, -0.25) is 9.59 Å². The zero-order valence-corrected chi connectivity index (χ0v) is 10.3. The quantitative estimate of drug-likeness (QED) is 0.711. The minimum Gasteiger partial charge on any atom is -0.394 e. The minimum atomic E-state index is -0.459. The lowest BCUT2D eigenvalue weighted by Crippen LogP contribution is -2.42. The van der Waals surface area contributed by atoms with Gasteiger partial charge in [-0.2, -0.15) is 0 Å². The lowest BCUT2D eigenvalue weighted by atomic mass is 10.1. The average molecular weight is 238 g/mol. The highest BCUT2D eigenvalue weighted by Gasteiger charge is 2.17. The monoisotopic (exact) mass is 238 g/mol. The van der Waals surface area contributed by atoms with Crippen molar-refractivity contribution in [1.82, 2.24) is 10.3 Å². The summed E-state index contributed by atoms with van der Waals surface area (Å²) in [6.45, 7) is 5.38. The SMILES string of the molecule is Cc1cc(=O)c(C(=O)N[C@H](CO)C(C)C)c[nH]1. The Bertz CT molecular complexity index is 451. The van der Waals surface area contributed by atoms with E-state index in [0.717, 1.165) is 0 Å². The largest absolute Gasteiger partial charge is 0.394 e. The number of aromatic amines is 1. The molecule has 1 heterocycles. The number of aryl methyl sites for hydroxylation is 1. The second-order valence-corrected chi connectivity index (χ2v) is 4.40. The Labute approximate surface area is 99.9 Å². The number of aromatic nitrogens is 1. The molecule has 0 spiro atoms. The van der Waals surface area contributed by atoms with Gasteiger partial charge in [0, 0.05) is 18.0 Å². The van der Waals surface area contributed by atoms with Gasteiger partial charge in [0.05, 0.1) is 12.6 Å². The van der Waals surface area contributed by atoms with E-state index >= 15 is 0 Å². The highest BCUT2D eigenvalue weighted by molar-refractivity contribution is 5.94. The summed E-state index contributed by atoms with van der Waals surface area (Å²) in [6.07, 6.45) is 1.39. The van der Waals surface area contributed by atoms with Gasteiger partial charge >= 0.3 is 0 Å². The van der Waals surface area contributed by atoms with Crippen LogP contribution < -0.4 is 10.7 Å². The van der Waals surface area contributed by atoms with Gasteiger partial charge in [-0.1, -0.05) is 13.8 Å². The van der Waals surface area contributed by atoms with Crippen LogP contribution in [0.5, 0.6) is 0 Å². The molecule has 0 saturated carbocycles. The first-order valence-electron chi connectivity index (χ1n) is 5.56. The van der Waals surface area contributed by atoms with Crippen LogP contribution in [0.1, 0.15) is 29.9 Å². The molecule has 1 aromatic heterocycles. The lowest BCUT2D eigenvalue weighted by molar-refractivity contribution is 0.0895. The molecule has 1 amide bonds. The van der Waals surface area contributed by atoms with Crippen LogP contribution in [-0.2, 0) is 0 Å². The van der Waals surface area contributed by atoms with E-state index < -0.39 is 5.91 Å². The van der Waals surface area contributed by atoms with Gasteiger partial charge in [0.25, 0.3) is 5.91 Å². The first-order valence-corrected chi connectivity index (χ1v) is 5.56. The molecule has 1 rings (SSSR count). The Hall–Kier alpha value is -1.62. The molecule has 0 saturated heterocycles. The summed E-state index contributed by atoms with van der Waals surface area (Å²) >= 11 is 0. The zero-order chi connectivity index (χ0) is 13.0. The Morgan fingerprint density at radius 1 is 1.53 bits per heavy atom. The van der Waals surface area contributed by atoms with Crippen molar-refractivity contribution >= 4 is 5.91 Å². The van der Waals surface area contributed by atoms with Crippen molar-refractivity contribution < 1.29 is 9.90 Å². The standard InChI is InChI=1S/C12H18N2O3/c1-7(2)10(6-15)14-12(17)9-5-13-8(3)4-11(9)16/h4-5,7,10,15H,6H2,1-3H3,(H,13,16)(H,14,17)/t10-/m1/s1. The summed E-state index contributed by atoms with van der Waals surface area (Å²) in [5.74, 6) is -0.354. The van der Waals surface area contributed by atoms with E-state index in [9.17, 15) is 9.59 Å². The van der Waals surface area contributed by atoms with E-state index in [1.807, 2.05) is 13.8 Å². The Morgan fingerprint density at radius 2 is 2.18 bits per heavy atom. The van der Waals surface area contributed by atoms with Gasteiger partial charge in [0.1, 0.15) is 5.56 Å². The maximum Gasteiger partial charge on any atom is 0.257 e. The van der Waals surface area contributed by atoms with E-state index in [0.29, 0.717) is 5.69 Å². The third kappa shape index (κ3) is 3.42. The number of H-pyrrole nitrogens is 1. The molecule has 0 unspecified atom stereocenters. The average Bonchev–Trinajstić information content (AvgIpc) is 2.24. The van der Waals surface area contributed by atoms with Crippen LogP contribution >= 0.6 is 0 Å². The fourth-order valence-corrected chi connectivity index (χ4v) is 1.42. The van der Waals surface area contributed by atoms with E-state index in [2.05, 4.69) is 10.3 Å². The smallest absolute Gasteiger partial charge is 0.257 e. The first kappa shape index (κ1) is 13.4. The molecule has 0 fully saturated rings. The number of amides is 1. The van der Waals surface area contributed by atoms with Crippen LogP contribution in [0.25, 0.3) is 0 Å². The Kier molecular flexibility index (Phi) is 4.45. The maximum atomic E-state index is 11.8. The predicted octanol–water partition coefficient (Wildman–Crippen LogP) is 0.430. The van der Waals surface area contributed by atoms with Crippen molar-refractivity contribution in [3.63, 3.8) is 0 Å². The molecule has 3 N–H and O–H groups in total. The molecule has 5 nitrogen and oxygen atoms in total. The van der Waals surface area contributed by atoms with Crippen LogP contribution in [0.2, 0.25) is 0 Å². The van der Waals surface area contributed by atoms with Crippen LogP contribution in [0.4, 0.5) is 0 Å². The predicted molar refractivity (Wildman–Crippen MR) is 65.0 cm³/mol. The third-order valence-electron chi connectivity index (χ3n) is 2.62. The van der Waals surface area contributed by atoms with Gasteiger partial charge < -0.3 is 15.4 Å². The number of carbonyl (C=O) groups excluding carboxylic acids is 1. The minimum absolute atomic E-state index is 0.0645. The highest BCUT2D eigenvalue weighted by atomic mass is 16.3. The number of hydrogen-bond donors (Lipinski definition) is 3. The Balaban J connectivity index is 2.86. The number of rotatable bonds is 4. The molecular formula is C12H18N2O3. The van der Waals surface area contributed by atoms with E-state index in [-0.39, 0.29) is 29.6 Å². The van der Waals surface area contributed by atoms with Crippen molar-refractivity contribution in [2.75, 3.05) is 6.61 Å². The number of nitrogens with one attached hydrogen (secondary N) is 2. The molecule has 5 heteroatoms. The summed E-state index contributed by atoms with van der Waals surface area (Å²) in [6, 6.07) is 1.03. The maximum absolute atomic E-state index is 11.8. The summed E-state index contributed by atoms with van der Waals surface area (Å²) in [7, 11) is 0. The molecule has 0 aliphatic rings. The van der Waals surface area contributed by atoms with Crippen LogP contribution in [0.3, 0.4) is 0 Å². The first-order chi connectivity index (χ1) is 7.95. The molecule has 94 valence electrons. The van der Waals surface area contributed by atoms with E-state index in [1.54, 1.807) is 6.92 Å². The van der Waals surface area contributed by atoms with Gasteiger partial charge in [-0.05, 0) is 12.8 Å². The van der Waals surface area contributed by atoms with Crippen molar-refractivity contribution in [1.29, 1.82) is 0 Å². The molecule has 1 aromatic rings. The summed E-state index contributed by atoms with van der Waals surface area (Å²) in [4.78, 5) is 26.2. The van der Waals surface area contributed by atoms with Gasteiger partial charge in [-0.15, -0.1) is 0 Å². The summed E-state index contributed by atoms with van der Waals surface area (Å²) < 4.78 is 0. The van der Waals surface area contributed by atoms with Gasteiger partial charge in [0.2, 0.25) is 0 Å². The van der Waals surface area contributed by atoms with E-state index in [4.69, 9.17) is 5.11 Å². The van der Waals surface area contributed by atoms with Crippen molar-refractivity contribution in [2.45, 2.75) is 26.8 Å². The van der Waals surface area contributed by atoms with Crippen LogP contribution in [0.15, 0.2) is 17.1 Å². The van der Waals surface area contributed by atoms with E-state index in [1.165, 1.54) is 12.3 Å². The second kappa shape index (κ2) is 5.63. The molecule has 0 bridgehead atoms. The number of hydrogen-bond acceptors (Lipinski definition) is 3. The lowest BCUT2D eigenvalue weighted by Gasteiger charge is -2.19. The molecule has 17 heavy (non-hydrogen) atoms. The molecule has 0 aliphatic heterocycles.